The van der Waals surface area contributed by atoms with Gasteiger partial charge in [0.05, 0.1) is 0 Å². The van der Waals surface area contributed by atoms with Gasteiger partial charge in [0.2, 0.25) is 5.91 Å². The third kappa shape index (κ3) is 4.44. The maximum atomic E-state index is 12.4. The largest absolute Gasteiger partial charge is 0.355 e. The van der Waals surface area contributed by atoms with Gasteiger partial charge in [-0.3, -0.25) is 4.79 Å². The predicted molar refractivity (Wildman–Crippen MR) is 113 cm³/mol. The molecule has 2 saturated heterocycles. The third-order valence-electron chi connectivity index (χ3n) is 5.27. The Hall–Kier alpha value is -2.60. The second-order valence-electron chi connectivity index (χ2n) is 7.14. The molecule has 146 valence electrons. The average Bonchev–Trinajstić information content (AvgIpc) is 3.28. The molecule has 0 radical (unpaired) electrons. The minimum absolute atomic E-state index is 0.0325. The highest BCUT2D eigenvalue weighted by atomic mass is 35.5. The van der Waals surface area contributed by atoms with Crippen molar-refractivity contribution < 1.29 is 4.79 Å². The average molecular weight is 398 g/mol. The van der Waals surface area contributed by atoms with Gasteiger partial charge in [-0.25, -0.2) is 0 Å². The van der Waals surface area contributed by atoms with Crippen molar-refractivity contribution in [1.29, 1.82) is 0 Å². The Morgan fingerprint density at radius 1 is 0.821 bits per heavy atom. The molecule has 2 fully saturated rings. The van der Waals surface area contributed by atoms with Crippen LogP contribution in [-0.4, -0.2) is 60.3 Å². The summed E-state index contributed by atoms with van der Waals surface area (Å²) >= 11 is 5.89. The zero-order valence-corrected chi connectivity index (χ0v) is 16.6. The normalized spacial score (nSPS) is 17.5. The lowest BCUT2D eigenvalue weighted by atomic mass is 10.2. The van der Waals surface area contributed by atoms with Crippen molar-refractivity contribution in [3.05, 3.63) is 53.1 Å². The Kier molecular flexibility index (Phi) is 5.76. The first-order valence-corrected chi connectivity index (χ1v) is 10.1. The number of hydrogen-bond acceptors (Lipinski definition) is 5. The monoisotopic (exact) mass is 397 g/mol. The fraction of sp³-hybridized carbons (Fsp3) is 0.381. The summed E-state index contributed by atoms with van der Waals surface area (Å²) in [6.45, 7) is 5.02. The summed E-state index contributed by atoms with van der Waals surface area (Å²) in [5.74, 6) is 1.87. The summed E-state index contributed by atoms with van der Waals surface area (Å²) in [5.41, 5.74) is 0.963. The van der Waals surface area contributed by atoms with Gasteiger partial charge in [0, 0.05) is 50.4 Å². The topological polar surface area (TPSA) is 52.6 Å². The second kappa shape index (κ2) is 8.61. The molecule has 2 aromatic rings. The van der Waals surface area contributed by atoms with Crippen molar-refractivity contribution in [2.45, 2.75) is 12.8 Å². The SMILES string of the molecule is O=C(/C=C/c1ccc(Cl)cc1)N1CCN(c2ccc(N3CCCC3)nn2)CC1. The molecule has 2 aliphatic rings. The summed E-state index contributed by atoms with van der Waals surface area (Å²) in [4.78, 5) is 18.8. The molecule has 0 aliphatic carbocycles. The molecule has 6 nitrogen and oxygen atoms in total. The number of anilines is 2. The smallest absolute Gasteiger partial charge is 0.246 e. The van der Waals surface area contributed by atoms with Gasteiger partial charge in [-0.2, -0.15) is 0 Å². The zero-order chi connectivity index (χ0) is 19.3. The first-order valence-electron chi connectivity index (χ1n) is 9.75. The number of piperazine rings is 1. The van der Waals surface area contributed by atoms with E-state index in [-0.39, 0.29) is 5.91 Å². The van der Waals surface area contributed by atoms with Crippen LogP contribution in [-0.2, 0) is 4.79 Å². The third-order valence-corrected chi connectivity index (χ3v) is 5.52. The van der Waals surface area contributed by atoms with Crippen LogP contribution in [0, 0.1) is 0 Å². The van der Waals surface area contributed by atoms with Crippen molar-refractivity contribution in [1.82, 2.24) is 15.1 Å². The number of aromatic nitrogens is 2. The van der Waals surface area contributed by atoms with Crippen LogP contribution in [0.1, 0.15) is 18.4 Å². The maximum absolute atomic E-state index is 12.4. The summed E-state index contributed by atoms with van der Waals surface area (Å²) in [7, 11) is 0. The zero-order valence-electron chi connectivity index (χ0n) is 15.8. The molecule has 2 aliphatic heterocycles. The molecule has 0 unspecified atom stereocenters. The van der Waals surface area contributed by atoms with E-state index >= 15 is 0 Å². The standard InChI is InChI=1S/C21H24ClN5O/c22-18-6-3-17(4-7-18)5-10-21(28)27-15-13-26(14-16-27)20-9-8-19(23-24-20)25-11-1-2-12-25/h3-10H,1-2,11-16H2/b10-5+. The van der Waals surface area contributed by atoms with E-state index in [0.29, 0.717) is 18.1 Å². The highest BCUT2D eigenvalue weighted by Gasteiger charge is 2.21. The van der Waals surface area contributed by atoms with Crippen molar-refractivity contribution in [2.24, 2.45) is 0 Å². The second-order valence-corrected chi connectivity index (χ2v) is 7.58. The van der Waals surface area contributed by atoms with E-state index in [9.17, 15) is 4.79 Å². The number of hydrogen-bond donors (Lipinski definition) is 0. The number of halogens is 1. The first-order chi connectivity index (χ1) is 13.7. The highest BCUT2D eigenvalue weighted by molar-refractivity contribution is 6.30. The Labute approximate surface area is 170 Å². The molecule has 1 aromatic carbocycles. The van der Waals surface area contributed by atoms with E-state index in [0.717, 1.165) is 43.4 Å². The van der Waals surface area contributed by atoms with Crippen molar-refractivity contribution in [2.75, 3.05) is 49.1 Å². The first kappa shape index (κ1) is 18.7. The number of carbonyl (C=O) groups excluding carboxylic acids is 1. The van der Waals surface area contributed by atoms with Crippen molar-refractivity contribution >= 4 is 35.2 Å². The fourth-order valence-electron chi connectivity index (χ4n) is 3.60. The molecule has 1 aromatic heterocycles. The molecule has 0 spiro atoms. The van der Waals surface area contributed by atoms with Crippen LogP contribution in [0.3, 0.4) is 0 Å². The van der Waals surface area contributed by atoms with Crippen LogP contribution in [0.4, 0.5) is 11.6 Å². The van der Waals surface area contributed by atoms with Crippen LogP contribution in [0.25, 0.3) is 6.08 Å². The van der Waals surface area contributed by atoms with Crippen LogP contribution in [0.5, 0.6) is 0 Å². The van der Waals surface area contributed by atoms with Crippen molar-refractivity contribution in [3.63, 3.8) is 0 Å². The summed E-state index contributed by atoms with van der Waals surface area (Å²) in [6.07, 6.45) is 5.91. The molecule has 28 heavy (non-hydrogen) atoms. The van der Waals surface area contributed by atoms with Crippen LogP contribution in [0.15, 0.2) is 42.5 Å². The summed E-state index contributed by atoms with van der Waals surface area (Å²) in [5, 5.41) is 9.49. The lowest BCUT2D eigenvalue weighted by molar-refractivity contribution is -0.126. The van der Waals surface area contributed by atoms with Gasteiger partial charge in [-0.15, -0.1) is 10.2 Å². The maximum Gasteiger partial charge on any atom is 0.246 e. The van der Waals surface area contributed by atoms with Gasteiger partial charge in [-0.05, 0) is 48.7 Å². The molecule has 0 saturated carbocycles. The van der Waals surface area contributed by atoms with Gasteiger partial charge in [0.15, 0.2) is 11.6 Å². The van der Waals surface area contributed by atoms with E-state index in [1.807, 2.05) is 41.3 Å². The molecule has 0 atom stereocenters. The van der Waals surface area contributed by atoms with Crippen LogP contribution < -0.4 is 9.80 Å². The van der Waals surface area contributed by atoms with Gasteiger partial charge in [0.1, 0.15) is 0 Å². The highest BCUT2D eigenvalue weighted by Crippen LogP contribution is 2.20. The number of benzene rings is 1. The Morgan fingerprint density at radius 2 is 1.39 bits per heavy atom. The van der Waals surface area contributed by atoms with E-state index in [1.54, 1.807) is 6.08 Å². The Morgan fingerprint density at radius 3 is 1.96 bits per heavy atom. The number of carbonyl (C=O) groups is 1. The van der Waals surface area contributed by atoms with E-state index in [4.69, 9.17) is 11.6 Å². The summed E-state index contributed by atoms with van der Waals surface area (Å²) in [6, 6.07) is 11.5. The van der Waals surface area contributed by atoms with E-state index in [2.05, 4.69) is 26.1 Å². The number of amides is 1. The Balaban J connectivity index is 1.30. The van der Waals surface area contributed by atoms with Crippen molar-refractivity contribution in [3.8, 4) is 0 Å². The van der Waals surface area contributed by atoms with E-state index in [1.165, 1.54) is 12.8 Å². The lowest BCUT2D eigenvalue weighted by Gasteiger charge is -2.34. The molecule has 0 N–H and O–H groups in total. The van der Waals surface area contributed by atoms with Gasteiger partial charge in [-0.1, -0.05) is 23.7 Å². The predicted octanol–water partition coefficient (Wildman–Crippen LogP) is 3.09. The van der Waals surface area contributed by atoms with Crippen LogP contribution in [0.2, 0.25) is 5.02 Å². The molecule has 0 bridgehead atoms. The fourth-order valence-corrected chi connectivity index (χ4v) is 3.73. The quantitative estimate of drug-likeness (QED) is 0.742. The summed E-state index contributed by atoms with van der Waals surface area (Å²) < 4.78 is 0. The van der Waals surface area contributed by atoms with Gasteiger partial charge < -0.3 is 14.7 Å². The number of nitrogens with zero attached hydrogens (tertiary/aromatic N) is 5. The Bertz CT molecular complexity index is 823. The van der Waals surface area contributed by atoms with Gasteiger partial charge >= 0.3 is 0 Å². The van der Waals surface area contributed by atoms with Gasteiger partial charge in [0.25, 0.3) is 0 Å². The van der Waals surface area contributed by atoms with E-state index < -0.39 is 0 Å². The minimum Gasteiger partial charge on any atom is -0.355 e. The molecule has 7 heteroatoms. The van der Waals surface area contributed by atoms with Crippen LogP contribution >= 0.6 is 11.6 Å². The molecule has 3 heterocycles. The lowest BCUT2D eigenvalue weighted by Crippen LogP contribution is -2.48. The minimum atomic E-state index is 0.0325. The molecular formula is C21H24ClN5O. The molecular weight excluding hydrogens is 374 g/mol. The molecule has 4 rings (SSSR count). The molecule has 1 amide bonds. The number of rotatable bonds is 4.